The van der Waals surface area contributed by atoms with E-state index < -0.39 is 0 Å². The molecule has 1 saturated heterocycles. The maximum absolute atomic E-state index is 12.9. The fraction of sp³-hybridized carbons (Fsp3) is 0.423. The van der Waals surface area contributed by atoms with Crippen LogP contribution in [0.15, 0.2) is 60.7 Å². The molecule has 0 saturated carbocycles. The lowest BCUT2D eigenvalue weighted by Crippen LogP contribution is -2.52. The van der Waals surface area contributed by atoms with E-state index >= 15 is 0 Å². The van der Waals surface area contributed by atoms with Crippen LogP contribution in [0.1, 0.15) is 44.2 Å². The number of nitrogens with one attached hydrogen (secondary N) is 1. The summed E-state index contributed by atoms with van der Waals surface area (Å²) in [6.45, 7) is 11.2. The minimum absolute atomic E-state index is 0.0863. The lowest BCUT2D eigenvalue weighted by Gasteiger charge is -2.37. The van der Waals surface area contributed by atoms with Crippen LogP contribution in [0.4, 0.5) is 5.69 Å². The smallest absolute Gasteiger partial charge is 0.241 e. The number of rotatable bonds is 8. The molecule has 2 aromatic carbocycles. The predicted molar refractivity (Wildman–Crippen MR) is 127 cm³/mol. The summed E-state index contributed by atoms with van der Waals surface area (Å²) in [5, 5.41) is 3.18. The highest BCUT2D eigenvalue weighted by atomic mass is 16.2. The topological polar surface area (TPSA) is 35.6 Å². The number of hydrogen-bond acceptors (Lipinski definition) is 3. The van der Waals surface area contributed by atoms with E-state index in [0.717, 1.165) is 44.8 Å². The van der Waals surface area contributed by atoms with Gasteiger partial charge < -0.3 is 5.32 Å². The number of nitrogens with zero attached hydrogens (tertiary/aromatic N) is 2. The van der Waals surface area contributed by atoms with Gasteiger partial charge in [-0.1, -0.05) is 74.5 Å². The Morgan fingerprint density at radius 1 is 1.00 bits per heavy atom. The van der Waals surface area contributed by atoms with Crippen molar-refractivity contribution in [3.05, 3.63) is 71.8 Å². The fourth-order valence-electron chi connectivity index (χ4n) is 3.90. The van der Waals surface area contributed by atoms with Gasteiger partial charge in [-0.05, 0) is 36.5 Å². The summed E-state index contributed by atoms with van der Waals surface area (Å²) in [6.07, 6.45) is 5.47. The van der Waals surface area contributed by atoms with Crippen LogP contribution in [0.2, 0.25) is 0 Å². The van der Waals surface area contributed by atoms with E-state index in [1.165, 1.54) is 11.1 Å². The molecule has 3 rings (SSSR count). The Morgan fingerprint density at radius 2 is 1.67 bits per heavy atom. The van der Waals surface area contributed by atoms with Gasteiger partial charge in [-0.15, -0.1) is 0 Å². The van der Waals surface area contributed by atoms with Crippen LogP contribution >= 0.6 is 0 Å². The van der Waals surface area contributed by atoms with Gasteiger partial charge >= 0.3 is 0 Å². The Hall–Kier alpha value is -2.43. The molecule has 1 aliphatic rings. The summed E-state index contributed by atoms with van der Waals surface area (Å²) in [5.74, 6) is 0.521. The maximum Gasteiger partial charge on any atom is 0.241 e. The van der Waals surface area contributed by atoms with Gasteiger partial charge in [0.15, 0.2) is 0 Å². The SMILES string of the molecule is CC[C@H](C)c1ccccc1NC(=O)[C@H](C)N1CCN(C/C=C/c2ccccc2)CC1. The summed E-state index contributed by atoms with van der Waals surface area (Å²) in [4.78, 5) is 17.6. The zero-order valence-corrected chi connectivity index (χ0v) is 18.6. The lowest BCUT2D eigenvalue weighted by molar-refractivity contribution is -0.121. The Kier molecular flexibility index (Phi) is 8.23. The summed E-state index contributed by atoms with van der Waals surface area (Å²) in [6, 6.07) is 18.5. The summed E-state index contributed by atoms with van der Waals surface area (Å²) in [5.41, 5.74) is 3.41. The molecule has 4 nitrogen and oxygen atoms in total. The molecule has 1 aliphatic heterocycles. The van der Waals surface area contributed by atoms with Crippen molar-refractivity contribution < 1.29 is 4.79 Å². The third-order valence-electron chi connectivity index (χ3n) is 6.17. The van der Waals surface area contributed by atoms with Crippen LogP contribution in [-0.4, -0.2) is 54.5 Å². The van der Waals surface area contributed by atoms with Gasteiger partial charge in [-0.3, -0.25) is 14.6 Å². The van der Waals surface area contributed by atoms with Crippen LogP contribution in [0.3, 0.4) is 0 Å². The predicted octanol–water partition coefficient (Wildman–Crippen LogP) is 4.86. The van der Waals surface area contributed by atoms with Crippen LogP contribution in [0.5, 0.6) is 0 Å². The first-order chi connectivity index (χ1) is 14.6. The summed E-state index contributed by atoms with van der Waals surface area (Å²) >= 11 is 0. The van der Waals surface area contributed by atoms with Gasteiger partial charge in [-0.2, -0.15) is 0 Å². The molecule has 160 valence electrons. The molecule has 0 spiro atoms. The molecule has 0 aliphatic carbocycles. The monoisotopic (exact) mass is 405 g/mol. The highest BCUT2D eigenvalue weighted by Crippen LogP contribution is 2.26. The van der Waals surface area contributed by atoms with Gasteiger partial charge in [0.1, 0.15) is 0 Å². The average molecular weight is 406 g/mol. The average Bonchev–Trinajstić information content (AvgIpc) is 2.79. The highest BCUT2D eigenvalue weighted by molar-refractivity contribution is 5.95. The van der Waals surface area contributed by atoms with Crippen LogP contribution in [0, 0.1) is 0 Å². The largest absolute Gasteiger partial charge is 0.324 e. The number of para-hydroxylation sites is 1. The third-order valence-corrected chi connectivity index (χ3v) is 6.17. The van der Waals surface area contributed by atoms with Gasteiger partial charge in [0.2, 0.25) is 5.91 Å². The molecule has 0 bridgehead atoms. The van der Waals surface area contributed by atoms with Crippen LogP contribution in [-0.2, 0) is 4.79 Å². The molecule has 1 fully saturated rings. The van der Waals surface area contributed by atoms with E-state index in [0.29, 0.717) is 5.92 Å². The fourth-order valence-corrected chi connectivity index (χ4v) is 3.90. The third kappa shape index (κ3) is 6.04. The maximum atomic E-state index is 12.9. The second-order valence-electron chi connectivity index (χ2n) is 8.21. The zero-order valence-electron chi connectivity index (χ0n) is 18.6. The lowest BCUT2D eigenvalue weighted by atomic mass is 9.97. The molecule has 0 unspecified atom stereocenters. The van der Waals surface area contributed by atoms with Crippen molar-refractivity contribution in [3.63, 3.8) is 0 Å². The van der Waals surface area contributed by atoms with Crippen molar-refractivity contribution >= 4 is 17.7 Å². The molecule has 4 heteroatoms. The molecule has 30 heavy (non-hydrogen) atoms. The number of amides is 1. The second-order valence-corrected chi connectivity index (χ2v) is 8.21. The number of anilines is 1. The zero-order chi connectivity index (χ0) is 21.3. The van der Waals surface area contributed by atoms with Crippen molar-refractivity contribution in [2.24, 2.45) is 0 Å². The molecule has 2 atom stereocenters. The van der Waals surface area contributed by atoms with E-state index in [2.05, 4.69) is 71.4 Å². The van der Waals surface area contributed by atoms with Crippen molar-refractivity contribution in [1.29, 1.82) is 0 Å². The molecule has 1 amide bonds. The number of piperazine rings is 1. The minimum Gasteiger partial charge on any atom is -0.324 e. The van der Waals surface area contributed by atoms with Gasteiger partial charge in [0.05, 0.1) is 6.04 Å². The normalized spacial score (nSPS) is 17.7. The Labute approximate surface area is 181 Å². The summed E-state index contributed by atoms with van der Waals surface area (Å²) in [7, 11) is 0. The van der Waals surface area contributed by atoms with Gasteiger partial charge in [0.25, 0.3) is 0 Å². The number of benzene rings is 2. The number of hydrogen-bond donors (Lipinski definition) is 1. The van der Waals surface area contributed by atoms with Crippen molar-refractivity contribution in [1.82, 2.24) is 9.80 Å². The molecule has 1 N–H and O–H groups in total. The van der Waals surface area contributed by atoms with E-state index in [9.17, 15) is 4.79 Å². The Morgan fingerprint density at radius 3 is 2.37 bits per heavy atom. The number of carbonyl (C=O) groups excluding carboxylic acids is 1. The first-order valence-electron chi connectivity index (χ1n) is 11.2. The summed E-state index contributed by atoms with van der Waals surface area (Å²) < 4.78 is 0. The molecule has 0 radical (unpaired) electrons. The van der Waals surface area contributed by atoms with E-state index in [-0.39, 0.29) is 11.9 Å². The standard InChI is InChI=1S/C26H35N3O/c1-4-21(2)24-14-8-9-15-25(24)27-26(30)22(3)29-19-17-28(18-20-29)16-10-13-23-11-6-5-7-12-23/h5-15,21-22H,4,16-20H2,1-3H3,(H,27,30)/b13-10+/t21-,22-/m0/s1. The van der Waals surface area contributed by atoms with Crippen LogP contribution < -0.4 is 5.32 Å². The van der Waals surface area contributed by atoms with E-state index in [1.807, 2.05) is 31.2 Å². The molecule has 1 heterocycles. The first kappa shape index (κ1) is 22.3. The quantitative estimate of drug-likeness (QED) is 0.681. The Bertz CT molecular complexity index is 825. The molecular formula is C26H35N3O. The first-order valence-corrected chi connectivity index (χ1v) is 11.2. The van der Waals surface area contributed by atoms with Gasteiger partial charge in [0, 0.05) is 38.4 Å². The van der Waals surface area contributed by atoms with Crippen molar-refractivity contribution in [3.8, 4) is 0 Å². The highest BCUT2D eigenvalue weighted by Gasteiger charge is 2.25. The Balaban J connectivity index is 1.48. The molecule has 0 aromatic heterocycles. The minimum atomic E-state index is -0.128. The van der Waals surface area contributed by atoms with E-state index in [1.54, 1.807) is 0 Å². The molecular weight excluding hydrogens is 370 g/mol. The van der Waals surface area contributed by atoms with Gasteiger partial charge in [-0.25, -0.2) is 0 Å². The second kappa shape index (κ2) is 11.1. The van der Waals surface area contributed by atoms with E-state index in [4.69, 9.17) is 0 Å². The molecule has 2 aromatic rings. The van der Waals surface area contributed by atoms with Crippen LogP contribution in [0.25, 0.3) is 6.08 Å². The van der Waals surface area contributed by atoms with Crippen molar-refractivity contribution in [2.45, 2.75) is 39.2 Å². The number of carbonyl (C=O) groups is 1. The van der Waals surface area contributed by atoms with Crippen molar-refractivity contribution in [2.75, 3.05) is 38.0 Å².